The first-order valence-electron chi connectivity index (χ1n) is 19.1. The van der Waals surface area contributed by atoms with E-state index in [1.807, 2.05) is 0 Å². The van der Waals surface area contributed by atoms with Crippen LogP contribution in [0.5, 0.6) is 0 Å². The zero-order chi connectivity index (χ0) is 34.9. The molecule has 0 rings (SSSR count). The average Bonchev–Trinajstić information content (AvgIpc) is 3.06. The molecule has 0 aromatic heterocycles. The van der Waals surface area contributed by atoms with E-state index in [1.54, 1.807) is 0 Å². The van der Waals surface area contributed by atoms with Gasteiger partial charge in [0, 0.05) is 13.0 Å². The number of rotatable bonds is 36. The number of ether oxygens (including phenoxy) is 1. The molecule has 0 saturated heterocycles. The highest BCUT2D eigenvalue weighted by molar-refractivity contribution is 7.47. The molecule has 0 fully saturated rings. The Kier molecular flexibility index (Phi) is 32.6. The molecule has 0 aromatic carbocycles. The Balaban J connectivity index is 4.63. The summed E-state index contributed by atoms with van der Waals surface area (Å²) in [6.07, 6.45) is 30.9. The molecule has 0 saturated carbocycles. The van der Waals surface area contributed by atoms with E-state index in [4.69, 9.17) is 19.5 Å². The highest BCUT2D eigenvalue weighted by atomic mass is 31.2. The van der Waals surface area contributed by atoms with Crippen LogP contribution >= 0.6 is 7.82 Å². The van der Waals surface area contributed by atoms with Gasteiger partial charge in [0.05, 0.1) is 13.2 Å². The van der Waals surface area contributed by atoms with Gasteiger partial charge in [-0.2, -0.15) is 0 Å². The van der Waals surface area contributed by atoms with E-state index in [-0.39, 0.29) is 18.9 Å². The third kappa shape index (κ3) is 29.5. The number of aliphatic hydroxyl groups is 1. The van der Waals surface area contributed by atoms with E-state index >= 15 is 0 Å². The molecule has 0 heterocycles. The number of esters is 1. The molecule has 4 N–H and O–H groups in total. The van der Waals surface area contributed by atoms with E-state index in [2.05, 4.69) is 26.0 Å². The summed E-state index contributed by atoms with van der Waals surface area (Å²) in [5, 5.41) is 9.59. The van der Waals surface area contributed by atoms with Gasteiger partial charge in [0.15, 0.2) is 0 Å². The molecule has 0 aliphatic carbocycles. The van der Waals surface area contributed by atoms with Crippen molar-refractivity contribution >= 4 is 19.6 Å². The molecule has 278 valence electrons. The monoisotopic (exact) mass is 689 g/mol. The number of hydrogen-bond donors (Lipinski definition) is 3. The van der Waals surface area contributed by atoms with Gasteiger partial charge in [0.25, 0.3) is 0 Å². The van der Waals surface area contributed by atoms with Gasteiger partial charge in [-0.15, -0.1) is 0 Å². The molecule has 0 spiro atoms. The summed E-state index contributed by atoms with van der Waals surface area (Å²) >= 11 is 0. The van der Waals surface area contributed by atoms with Gasteiger partial charge in [-0.3, -0.25) is 18.6 Å². The Morgan fingerprint density at radius 3 is 1.68 bits per heavy atom. The maximum Gasteiger partial charge on any atom is 0.472 e. The molecule has 0 radical (unpaired) electrons. The summed E-state index contributed by atoms with van der Waals surface area (Å²) in [4.78, 5) is 36.0. The van der Waals surface area contributed by atoms with Crippen molar-refractivity contribution in [1.29, 1.82) is 0 Å². The smallest absolute Gasteiger partial charge is 0.462 e. The van der Waals surface area contributed by atoms with Crippen LogP contribution in [0.3, 0.4) is 0 Å². The minimum Gasteiger partial charge on any atom is -0.462 e. The number of nitrogens with two attached hydrogens (primary N) is 1. The van der Waals surface area contributed by atoms with Crippen LogP contribution in [0.15, 0.2) is 12.2 Å². The van der Waals surface area contributed by atoms with Gasteiger partial charge >= 0.3 is 13.8 Å². The standard InChI is InChI=1S/C37H72NO8P/c1-3-5-7-9-11-13-15-16-17-19-20-22-24-26-28-35(36(40)29-27-25-23-21-18-14-12-10-8-6-4-2)37(41)44-33-34(32-39)46-47(42,43)45-31-30-38/h16-17,34-35,39H,3-15,18-33,38H2,1-2H3,(H,42,43)/t34-,35?/m0/s1. The zero-order valence-corrected chi connectivity index (χ0v) is 31.1. The molecule has 2 unspecified atom stereocenters. The third-order valence-electron chi connectivity index (χ3n) is 8.47. The summed E-state index contributed by atoms with van der Waals surface area (Å²) in [6.45, 7) is 3.18. The van der Waals surface area contributed by atoms with Crippen molar-refractivity contribution in [1.82, 2.24) is 0 Å². The molecule has 3 atom stereocenters. The lowest BCUT2D eigenvalue weighted by Gasteiger charge is -2.20. The van der Waals surface area contributed by atoms with Crippen molar-refractivity contribution in [3.05, 3.63) is 12.2 Å². The highest BCUT2D eigenvalue weighted by Gasteiger charge is 2.30. The van der Waals surface area contributed by atoms with E-state index in [1.165, 1.54) is 89.9 Å². The van der Waals surface area contributed by atoms with E-state index in [0.717, 1.165) is 57.8 Å². The maximum atomic E-state index is 13.2. The largest absolute Gasteiger partial charge is 0.472 e. The number of Topliss-reactive ketones (excluding diaryl/α,β-unsaturated/α-hetero) is 1. The van der Waals surface area contributed by atoms with Crippen molar-refractivity contribution < 1.29 is 37.9 Å². The summed E-state index contributed by atoms with van der Waals surface area (Å²) in [5.41, 5.74) is 5.29. The molecule has 0 bridgehead atoms. The lowest BCUT2D eigenvalue weighted by Crippen LogP contribution is -2.31. The van der Waals surface area contributed by atoms with Crippen molar-refractivity contribution in [2.24, 2.45) is 11.7 Å². The fraction of sp³-hybridized carbons (Fsp3) is 0.892. The first-order chi connectivity index (χ1) is 22.8. The lowest BCUT2D eigenvalue weighted by atomic mass is 9.93. The molecule has 10 heteroatoms. The third-order valence-corrected chi connectivity index (χ3v) is 9.55. The number of carbonyl (C=O) groups is 2. The zero-order valence-electron chi connectivity index (χ0n) is 30.2. The average molecular weight is 690 g/mol. The van der Waals surface area contributed by atoms with Crippen LogP contribution < -0.4 is 5.73 Å². The van der Waals surface area contributed by atoms with Gasteiger partial charge in [0.1, 0.15) is 24.4 Å². The second-order valence-electron chi connectivity index (χ2n) is 13.0. The van der Waals surface area contributed by atoms with Crippen LogP contribution in [-0.4, -0.2) is 54.2 Å². The number of phosphoric ester groups is 1. The van der Waals surface area contributed by atoms with Crippen LogP contribution in [0.4, 0.5) is 0 Å². The number of unbranched alkanes of at least 4 members (excludes halogenated alkanes) is 20. The Morgan fingerprint density at radius 2 is 1.19 bits per heavy atom. The summed E-state index contributed by atoms with van der Waals surface area (Å²) < 4.78 is 27.0. The molecule has 0 aliphatic heterocycles. The lowest BCUT2D eigenvalue weighted by molar-refractivity contribution is -0.155. The molecule has 0 aliphatic rings. The number of ketones is 1. The molecule has 47 heavy (non-hydrogen) atoms. The second-order valence-corrected chi connectivity index (χ2v) is 14.4. The van der Waals surface area contributed by atoms with Gasteiger partial charge in [0.2, 0.25) is 0 Å². The Morgan fingerprint density at radius 1 is 0.723 bits per heavy atom. The van der Waals surface area contributed by atoms with Crippen molar-refractivity contribution in [3.63, 3.8) is 0 Å². The SMILES string of the molecule is CCCCCCCCC=CCCCCCCC(C(=O)CCCCCCCCCCCCC)C(=O)OC[C@H](CO)OP(=O)(O)OCCN. The predicted molar refractivity (Wildman–Crippen MR) is 192 cm³/mol. The fourth-order valence-electron chi connectivity index (χ4n) is 5.57. The van der Waals surface area contributed by atoms with E-state index in [9.17, 15) is 24.2 Å². The van der Waals surface area contributed by atoms with Crippen LogP contribution in [0.1, 0.15) is 174 Å². The number of hydrogen-bond acceptors (Lipinski definition) is 8. The maximum absolute atomic E-state index is 13.2. The second kappa shape index (κ2) is 33.4. The summed E-state index contributed by atoms with van der Waals surface area (Å²) in [7, 11) is -4.47. The van der Waals surface area contributed by atoms with Crippen molar-refractivity contribution in [3.8, 4) is 0 Å². The van der Waals surface area contributed by atoms with Crippen LogP contribution in [0.25, 0.3) is 0 Å². The first-order valence-corrected chi connectivity index (χ1v) is 20.6. The number of allylic oxidation sites excluding steroid dienone is 2. The topological polar surface area (TPSA) is 145 Å². The van der Waals surface area contributed by atoms with Gasteiger partial charge in [-0.1, -0.05) is 142 Å². The van der Waals surface area contributed by atoms with Crippen LogP contribution in [0.2, 0.25) is 0 Å². The minimum atomic E-state index is -4.47. The molecular weight excluding hydrogens is 617 g/mol. The van der Waals surface area contributed by atoms with Gasteiger partial charge in [-0.25, -0.2) is 4.57 Å². The summed E-state index contributed by atoms with van der Waals surface area (Å²) in [6, 6.07) is 0. The molecule has 0 amide bonds. The van der Waals surface area contributed by atoms with Gasteiger partial charge in [-0.05, 0) is 38.5 Å². The highest BCUT2D eigenvalue weighted by Crippen LogP contribution is 2.44. The van der Waals surface area contributed by atoms with Crippen LogP contribution in [0, 0.1) is 5.92 Å². The predicted octanol–water partition coefficient (Wildman–Crippen LogP) is 9.52. The molecule has 9 nitrogen and oxygen atoms in total. The molecule has 0 aromatic rings. The van der Waals surface area contributed by atoms with Crippen molar-refractivity contribution in [2.75, 3.05) is 26.4 Å². The Hall–Kier alpha value is -1.09. The number of aliphatic hydroxyl groups excluding tert-OH is 1. The van der Waals surface area contributed by atoms with Gasteiger partial charge < -0.3 is 20.5 Å². The van der Waals surface area contributed by atoms with Crippen molar-refractivity contribution in [2.45, 2.75) is 180 Å². The Bertz CT molecular complexity index is 809. The van der Waals surface area contributed by atoms with E-state index < -0.39 is 39.0 Å². The number of phosphoric acid groups is 1. The summed E-state index contributed by atoms with van der Waals surface area (Å²) in [5.74, 6) is -1.68. The first kappa shape index (κ1) is 45.9. The normalized spacial score (nSPS) is 14.3. The van der Waals surface area contributed by atoms with Crippen LogP contribution in [-0.2, 0) is 27.9 Å². The minimum absolute atomic E-state index is 0.0194. The fourth-order valence-corrected chi connectivity index (χ4v) is 6.47. The number of carbonyl (C=O) groups excluding carboxylic acids is 2. The Labute approximate surface area is 287 Å². The quantitative estimate of drug-likeness (QED) is 0.0192. The molecular formula is C37H72NO8P. The van der Waals surface area contributed by atoms with E-state index in [0.29, 0.717) is 12.8 Å².